The summed E-state index contributed by atoms with van der Waals surface area (Å²) in [7, 11) is 0. The van der Waals surface area contributed by atoms with Gasteiger partial charge in [-0.2, -0.15) is 11.8 Å². The third-order valence-corrected chi connectivity index (χ3v) is 5.93. The molecule has 210 valence electrons. The zero-order valence-electron chi connectivity index (χ0n) is 23.2. The van der Waals surface area contributed by atoms with E-state index in [2.05, 4.69) is 43.6 Å². The molecule has 0 aliphatic carbocycles. The molecular weight excluding hydrogens is 496 g/mol. The Morgan fingerprint density at radius 3 is 1.95 bits per heavy atom. The molecule has 0 aromatic rings. The van der Waals surface area contributed by atoms with Crippen LogP contribution in [0.25, 0.3) is 0 Å². The van der Waals surface area contributed by atoms with E-state index in [9.17, 15) is 24.3 Å². The number of aliphatic carboxylic acids is 2. The van der Waals surface area contributed by atoms with Crippen LogP contribution in [0.3, 0.4) is 0 Å². The molecule has 2 amide bonds. The number of carbonyl (C=O) groups excluding carboxylic acids is 2. The summed E-state index contributed by atoms with van der Waals surface area (Å²) in [6.07, 6.45) is 8.79. The maximum absolute atomic E-state index is 12.6. The van der Waals surface area contributed by atoms with Crippen LogP contribution in [0.1, 0.15) is 80.6 Å². The summed E-state index contributed by atoms with van der Waals surface area (Å²) in [5.41, 5.74) is 3.04. The lowest BCUT2D eigenvalue weighted by molar-refractivity contribution is -0.142. The molecule has 4 N–H and O–H groups in total. The molecule has 0 aliphatic heterocycles. The third-order valence-electron chi connectivity index (χ3n) is 4.96. The second-order valence-corrected chi connectivity index (χ2v) is 11.3. The fraction of sp³-hybridized carbons (Fsp3) is 0.630. The summed E-state index contributed by atoms with van der Waals surface area (Å²) in [5, 5.41) is 23.1. The predicted molar refractivity (Wildman–Crippen MR) is 148 cm³/mol. The molecule has 0 fully saturated rings. The van der Waals surface area contributed by atoms with Crippen LogP contribution < -0.4 is 10.6 Å². The Kier molecular flexibility index (Phi) is 16.3. The smallest absolute Gasteiger partial charge is 0.408 e. The summed E-state index contributed by atoms with van der Waals surface area (Å²) in [4.78, 5) is 47.4. The van der Waals surface area contributed by atoms with Crippen molar-refractivity contribution in [2.45, 2.75) is 98.3 Å². The average Bonchev–Trinajstić information content (AvgIpc) is 2.73. The first kappa shape index (κ1) is 34.2. The zero-order chi connectivity index (χ0) is 28.6. The minimum atomic E-state index is -1.47. The summed E-state index contributed by atoms with van der Waals surface area (Å²) in [6, 6.07) is -2.71. The first-order chi connectivity index (χ1) is 17.1. The summed E-state index contributed by atoms with van der Waals surface area (Å²) in [5.74, 6) is -2.82. The lowest BCUT2D eigenvalue weighted by atomic mass is 10.1. The van der Waals surface area contributed by atoms with Gasteiger partial charge in [0.05, 0.1) is 6.42 Å². The van der Waals surface area contributed by atoms with Gasteiger partial charge >= 0.3 is 18.0 Å². The van der Waals surface area contributed by atoms with Crippen LogP contribution in [-0.2, 0) is 19.1 Å². The van der Waals surface area contributed by atoms with E-state index in [0.717, 1.165) is 25.7 Å². The quantitative estimate of drug-likeness (QED) is 0.157. The monoisotopic (exact) mass is 540 g/mol. The minimum Gasteiger partial charge on any atom is -0.481 e. The Balaban J connectivity index is 4.78. The van der Waals surface area contributed by atoms with Crippen molar-refractivity contribution in [2.75, 3.05) is 11.5 Å². The lowest BCUT2D eigenvalue weighted by Crippen LogP contribution is -2.53. The van der Waals surface area contributed by atoms with Crippen molar-refractivity contribution >= 4 is 35.7 Å². The Morgan fingerprint density at radius 2 is 1.43 bits per heavy atom. The maximum Gasteiger partial charge on any atom is 0.408 e. The number of rotatable bonds is 16. The Hall–Kier alpha value is -2.75. The second-order valence-electron chi connectivity index (χ2n) is 10.2. The molecular formula is C27H44N2O7S. The van der Waals surface area contributed by atoms with E-state index in [0.29, 0.717) is 5.75 Å². The van der Waals surface area contributed by atoms with Crippen molar-refractivity contribution in [1.29, 1.82) is 0 Å². The molecule has 0 saturated carbocycles. The van der Waals surface area contributed by atoms with Gasteiger partial charge in [-0.25, -0.2) is 9.59 Å². The summed E-state index contributed by atoms with van der Waals surface area (Å²) in [6.45, 7) is 13.2. The van der Waals surface area contributed by atoms with Crippen LogP contribution in [0.2, 0.25) is 0 Å². The van der Waals surface area contributed by atoms with Gasteiger partial charge < -0.3 is 25.6 Å². The van der Waals surface area contributed by atoms with Crippen LogP contribution in [0.4, 0.5) is 4.79 Å². The van der Waals surface area contributed by atoms with Crippen LogP contribution in [0.15, 0.2) is 34.9 Å². The second kappa shape index (κ2) is 17.7. The molecule has 9 nitrogen and oxygen atoms in total. The SMILES string of the molecule is CC(C)=CCCC(C)=CCCC(C)=CCSC[C@H](NC(=O)[C@H](CC(=O)O)NC(=O)OC(C)(C)C)C(=O)O. The molecule has 0 bridgehead atoms. The van der Waals surface area contributed by atoms with E-state index in [4.69, 9.17) is 9.84 Å². The van der Waals surface area contributed by atoms with E-state index >= 15 is 0 Å². The molecule has 0 radical (unpaired) electrons. The molecule has 0 aromatic heterocycles. The topological polar surface area (TPSA) is 142 Å². The van der Waals surface area contributed by atoms with E-state index < -0.39 is 48.0 Å². The van der Waals surface area contributed by atoms with Gasteiger partial charge in [-0.1, -0.05) is 34.9 Å². The molecule has 0 heterocycles. The summed E-state index contributed by atoms with van der Waals surface area (Å²) >= 11 is 1.34. The number of carboxylic acids is 2. The van der Waals surface area contributed by atoms with E-state index in [1.807, 2.05) is 13.0 Å². The largest absolute Gasteiger partial charge is 0.481 e. The fourth-order valence-corrected chi connectivity index (χ4v) is 4.01. The van der Waals surface area contributed by atoms with Gasteiger partial charge in [0.25, 0.3) is 0 Å². The first-order valence-electron chi connectivity index (χ1n) is 12.4. The van der Waals surface area contributed by atoms with Crippen molar-refractivity contribution in [1.82, 2.24) is 10.6 Å². The van der Waals surface area contributed by atoms with E-state index in [1.165, 1.54) is 28.5 Å². The number of carboxylic acid groups (broad SMARTS) is 2. The number of thioether (sulfide) groups is 1. The molecule has 37 heavy (non-hydrogen) atoms. The van der Waals surface area contributed by atoms with Gasteiger partial charge in [-0.05, 0) is 74.1 Å². The van der Waals surface area contributed by atoms with Gasteiger partial charge in [0.15, 0.2) is 0 Å². The van der Waals surface area contributed by atoms with Crippen molar-refractivity contribution in [3.8, 4) is 0 Å². The normalized spacial score (nSPS) is 13.8. The highest BCUT2D eigenvalue weighted by Gasteiger charge is 2.29. The van der Waals surface area contributed by atoms with Gasteiger partial charge in [0.1, 0.15) is 17.7 Å². The molecule has 0 saturated heterocycles. The Labute approximate surface area is 225 Å². The zero-order valence-corrected chi connectivity index (χ0v) is 24.0. The van der Waals surface area contributed by atoms with Crippen molar-refractivity contribution in [2.24, 2.45) is 0 Å². The highest BCUT2D eigenvalue weighted by molar-refractivity contribution is 7.99. The summed E-state index contributed by atoms with van der Waals surface area (Å²) < 4.78 is 5.07. The molecule has 0 unspecified atom stereocenters. The van der Waals surface area contributed by atoms with Gasteiger partial charge in [-0.15, -0.1) is 0 Å². The van der Waals surface area contributed by atoms with Crippen LogP contribution in [0.5, 0.6) is 0 Å². The molecule has 0 rings (SSSR count). The maximum atomic E-state index is 12.6. The van der Waals surface area contributed by atoms with Crippen molar-refractivity contribution < 1.29 is 34.1 Å². The van der Waals surface area contributed by atoms with E-state index in [-0.39, 0.29) is 5.75 Å². The lowest BCUT2D eigenvalue weighted by Gasteiger charge is -2.23. The number of hydrogen-bond donors (Lipinski definition) is 4. The van der Waals surface area contributed by atoms with Gasteiger partial charge in [-0.3, -0.25) is 9.59 Å². The third kappa shape index (κ3) is 19.1. The Morgan fingerprint density at radius 1 is 0.865 bits per heavy atom. The standard InChI is InChI=1S/C27H44N2O7S/c1-18(2)10-8-11-19(3)12-9-13-20(4)14-15-37-17-22(25(33)34)28-24(32)21(16-23(30)31)29-26(35)36-27(5,6)7/h10,12,14,21-22H,8-9,11,13,15-17H2,1-7H3,(H,28,32)(H,29,35)(H,30,31)(H,33,34)/t21-,22-/m0/s1. The number of nitrogens with one attached hydrogen (secondary N) is 2. The highest BCUT2D eigenvalue weighted by Crippen LogP contribution is 2.13. The van der Waals surface area contributed by atoms with Crippen molar-refractivity contribution in [3.05, 3.63) is 34.9 Å². The van der Waals surface area contributed by atoms with Gasteiger partial charge in [0, 0.05) is 11.5 Å². The molecule has 0 spiro atoms. The van der Waals surface area contributed by atoms with Gasteiger partial charge in [0.2, 0.25) is 5.91 Å². The van der Waals surface area contributed by atoms with Crippen molar-refractivity contribution in [3.63, 3.8) is 0 Å². The minimum absolute atomic E-state index is 0.0838. The predicted octanol–water partition coefficient (Wildman–Crippen LogP) is 5.08. The number of hydrogen-bond acceptors (Lipinski definition) is 6. The number of carbonyl (C=O) groups is 4. The first-order valence-corrected chi connectivity index (χ1v) is 13.5. The van der Waals surface area contributed by atoms with Crippen LogP contribution >= 0.6 is 11.8 Å². The average molecular weight is 541 g/mol. The Bertz CT molecular complexity index is 868. The molecule has 0 aliphatic rings. The van der Waals surface area contributed by atoms with Crippen LogP contribution in [-0.4, -0.2) is 63.3 Å². The fourth-order valence-electron chi connectivity index (χ4n) is 3.01. The number of alkyl carbamates (subject to hydrolysis) is 1. The number of ether oxygens (including phenoxy) is 1. The number of amides is 2. The van der Waals surface area contributed by atoms with Crippen LogP contribution in [0, 0.1) is 0 Å². The highest BCUT2D eigenvalue weighted by atomic mass is 32.2. The van der Waals surface area contributed by atoms with E-state index in [1.54, 1.807) is 20.8 Å². The molecule has 10 heteroatoms. The number of allylic oxidation sites excluding steroid dienone is 5. The molecule has 2 atom stereocenters. The molecule has 0 aromatic carbocycles.